The van der Waals surface area contributed by atoms with E-state index in [0.717, 1.165) is 5.56 Å². The molecule has 3 rings (SSSR count). The maximum absolute atomic E-state index is 12.6. The van der Waals surface area contributed by atoms with Crippen LogP contribution < -0.4 is 15.7 Å². The summed E-state index contributed by atoms with van der Waals surface area (Å²) in [6, 6.07) is 13.4. The first kappa shape index (κ1) is 22.4. The van der Waals surface area contributed by atoms with Gasteiger partial charge in [0.05, 0.1) is 13.5 Å². The number of benzene rings is 2. The summed E-state index contributed by atoms with van der Waals surface area (Å²) in [6.45, 7) is 1.76. The van der Waals surface area contributed by atoms with E-state index in [1.54, 1.807) is 19.1 Å². The van der Waals surface area contributed by atoms with Crippen molar-refractivity contribution in [3.63, 3.8) is 0 Å². The zero-order valence-electron chi connectivity index (χ0n) is 17.2. The number of rotatable bonds is 9. The van der Waals surface area contributed by atoms with E-state index in [-0.39, 0.29) is 12.2 Å². The summed E-state index contributed by atoms with van der Waals surface area (Å²) in [6.07, 6.45) is -0.138. The minimum absolute atomic E-state index is 0.138. The Morgan fingerprint density at radius 1 is 1.19 bits per heavy atom. The lowest BCUT2D eigenvalue weighted by Crippen LogP contribution is -2.43. The highest BCUT2D eigenvalue weighted by Crippen LogP contribution is 2.28. The third kappa shape index (κ3) is 5.67. The highest BCUT2D eigenvalue weighted by atomic mass is 32.2. The van der Waals surface area contributed by atoms with E-state index in [4.69, 9.17) is 9.15 Å². The van der Waals surface area contributed by atoms with Crippen LogP contribution in [0.1, 0.15) is 16.7 Å². The van der Waals surface area contributed by atoms with Crippen molar-refractivity contribution < 1.29 is 23.8 Å². The van der Waals surface area contributed by atoms with E-state index in [0.29, 0.717) is 33.6 Å². The van der Waals surface area contributed by atoms with E-state index in [1.807, 2.05) is 30.3 Å². The number of hydrogen-bond donors (Lipinski definition) is 2. The molecule has 0 spiro atoms. The van der Waals surface area contributed by atoms with Gasteiger partial charge in [-0.2, -0.15) is 11.8 Å². The molecular weight excluding hydrogens is 418 g/mol. The van der Waals surface area contributed by atoms with E-state index >= 15 is 0 Å². The quantitative estimate of drug-likeness (QED) is 0.491. The van der Waals surface area contributed by atoms with Crippen LogP contribution in [-0.4, -0.2) is 35.9 Å². The van der Waals surface area contributed by atoms with Crippen LogP contribution in [0.3, 0.4) is 0 Å². The minimum atomic E-state index is -1.10. The van der Waals surface area contributed by atoms with E-state index in [1.165, 1.54) is 24.9 Å². The van der Waals surface area contributed by atoms with Crippen LogP contribution >= 0.6 is 11.8 Å². The number of carbonyl (C=O) groups is 2. The van der Waals surface area contributed by atoms with Crippen LogP contribution in [0.25, 0.3) is 11.0 Å². The van der Waals surface area contributed by atoms with Crippen molar-refractivity contribution in [2.45, 2.75) is 25.1 Å². The van der Waals surface area contributed by atoms with Crippen LogP contribution in [0.5, 0.6) is 5.75 Å². The Morgan fingerprint density at radius 2 is 1.94 bits per heavy atom. The van der Waals surface area contributed by atoms with Crippen molar-refractivity contribution >= 4 is 34.6 Å². The molecule has 0 fully saturated rings. The molecule has 162 valence electrons. The summed E-state index contributed by atoms with van der Waals surface area (Å²) in [4.78, 5) is 36.2. The fraction of sp³-hybridized carbons (Fsp3) is 0.261. The van der Waals surface area contributed by atoms with Crippen molar-refractivity contribution in [3.05, 3.63) is 75.6 Å². The third-order valence-corrected chi connectivity index (χ3v) is 5.90. The van der Waals surface area contributed by atoms with E-state index < -0.39 is 23.5 Å². The predicted molar refractivity (Wildman–Crippen MR) is 120 cm³/mol. The lowest BCUT2D eigenvalue weighted by atomic mass is 10.0. The first-order valence-electron chi connectivity index (χ1n) is 9.63. The van der Waals surface area contributed by atoms with Gasteiger partial charge in [-0.3, -0.25) is 4.79 Å². The average molecular weight is 442 g/mol. The van der Waals surface area contributed by atoms with E-state index in [9.17, 15) is 19.5 Å². The monoisotopic (exact) mass is 441 g/mol. The van der Waals surface area contributed by atoms with Crippen LogP contribution in [0.4, 0.5) is 0 Å². The molecule has 2 N–H and O–H groups in total. The summed E-state index contributed by atoms with van der Waals surface area (Å²) in [7, 11) is 1.52. The second-order valence-corrected chi connectivity index (χ2v) is 8.03. The number of carboxylic acids is 1. The molecule has 7 nitrogen and oxygen atoms in total. The molecule has 2 aromatic carbocycles. The number of carbonyl (C=O) groups excluding carboxylic acids is 1. The molecule has 0 radical (unpaired) electrons. The van der Waals surface area contributed by atoms with Crippen LogP contribution in [0, 0.1) is 6.92 Å². The molecule has 1 atom stereocenters. The van der Waals surface area contributed by atoms with Crippen molar-refractivity contribution in [3.8, 4) is 5.75 Å². The Labute approximate surface area is 183 Å². The molecule has 1 unspecified atom stereocenters. The number of thioether (sulfide) groups is 1. The summed E-state index contributed by atoms with van der Waals surface area (Å²) >= 11 is 1.43. The van der Waals surface area contributed by atoms with Gasteiger partial charge in [0.2, 0.25) is 5.91 Å². The van der Waals surface area contributed by atoms with Gasteiger partial charge in [-0.25, -0.2) is 9.59 Å². The number of hydrogen-bond acceptors (Lipinski definition) is 6. The fourth-order valence-electron chi connectivity index (χ4n) is 3.24. The van der Waals surface area contributed by atoms with Gasteiger partial charge in [0.1, 0.15) is 17.4 Å². The van der Waals surface area contributed by atoms with Crippen molar-refractivity contribution in [2.75, 3.05) is 12.9 Å². The zero-order valence-corrected chi connectivity index (χ0v) is 18.0. The predicted octanol–water partition coefficient (Wildman–Crippen LogP) is 3.16. The van der Waals surface area contributed by atoms with Gasteiger partial charge in [-0.15, -0.1) is 0 Å². The topological polar surface area (TPSA) is 106 Å². The highest BCUT2D eigenvalue weighted by Gasteiger charge is 2.21. The van der Waals surface area contributed by atoms with Gasteiger partial charge in [-0.1, -0.05) is 30.3 Å². The Morgan fingerprint density at radius 3 is 2.61 bits per heavy atom. The maximum atomic E-state index is 12.6. The van der Waals surface area contributed by atoms with Gasteiger partial charge in [0, 0.05) is 28.5 Å². The van der Waals surface area contributed by atoms with Gasteiger partial charge in [0.15, 0.2) is 0 Å². The third-order valence-electron chi connectivity index (χ3n) is 4.80. The Bertz CT molecular complexity index is 1140. The number of aryl methyl sites for hydroxylation is 1. The summed E-state index contributed by atoms with van der Waals surface area (Å²) in [5.74, 6) is -0.144. The smallest absolute Gasteiger partial charge is 0.336 e. The molecule has 8 heteroatoms. The molecule has 1 amide bonds. The number of aliphatic carboxylic acids is 1. The molecule has 31 heavy (non-hydrogen) atoms. The lowest BCUT2D eigenvalue weighted by Gasteiger charge is -2.15. The molecule has 1 heterocycles. The van der Waals surface area contributed by atoms with Gasteiger partial charge in [0.25, 0.3) is 0 Å². The average Bonchev–Trinajstić information content (AvgIpc) is 2.74. The summed E-state index contributed by atoms with van der Waals surface area (Å²) in [5.41, 5.74) is 1.97. The Hall–Kier alpha value is -3.26. The van der Waals surface area contributed by atoms with Crippen molar-refractivity contribution in [1.29, 1.82) is 0 Å². The van der Waals surface area contributed by atoms with Crippen molar-refractivity contribution in [2.24, 2.45) is 0 Å². The largest absolute Gasteiger partial charge is 0.496 e. The van der Waals surface area contributed by atoms with Crippen molar-refractivity contribution in [1.82, 2.24) is 5.32 Å². The Kier molecular flexibility index (Phi) is 7.36. The minimum Gasteiger partial charge on any atom is -0.496 e. The highest BCUT2D eigenvalue weighted by molar-refractivity contribution is 7.98. The first-order valence-corrected chi connectivity index (χ1v) is 10.8. The van der Waals surface area contributed by atoms with Gasteiger partial charge in [-0.05, 0) is 30.2 Å². The maximum Gasteiger partial charge on any atom is 0.336 e. The van der Waals surface area contributed by atoms with Crippen LogP contribution in [-0.2, 0) is 21.8 Å². The number of nitrogens with one attached hydrogen (secondary N) is 1. The Balaban J connectivity index is 1.71. The molecule has 1 aromatic heterocycles. The number of amides is 1. The molecule has 0 aliphatic heterocycles. The fourth-order valence-corrected chi connectivity index (χ4v) is 4.24. The van der Waals surface area contributed by atoms with E-state index in [2.05, 4.69) is 5.32 Å². The standard InChI is InChI=1S/C23H23NO6S/c1-14-19(29-2)9-8-17-16(11-21(26)30-22(14)17)10-20(25)24-18(23(27)28)13-31-12-15-6-4-3-5-7-15/h3-9,11,18H,10,12-13H2,1-2H3,(H,24,25)(H,27,28). The van der Waals surface area contributed by atoms with Crippen LogP contribution in [0.2, 0.25) is 0 Å². The number of ether oxygens (including phenoxy) is 1. The second-order valence-electron chi connectivity index (χ2n) is 7.00. The molecule has 0 bridgehead atoms. The van der Waals surface area contributed by atoms with Crippen LogP contribution in [0.15, 0.2) is 57.7 Å². The number of carboxylic acid groups (broad SMARTS) is 1. The molecule has 0 aliphatic carbocycles. The molecule has 0 saturated heterocycles. The molecule has 0 saturated carbocycles. The lowest BCUT2D eigenvalue weighted by molar-refractivity contribution is -0.141. The SMILES string of the molecule is COc1ccc2c(CC(=O)NC(CSCc3ccccc3)C(=O)O)cc(=O)oc2c1C. The first-order chi connectivity index (χ1) is 14.9. The molecular formula is C23H23NO6S. The zero-order chi connectivity index (χ0) is 22.4. The number of fused-ring (bicyclic) bond motifs is 1. The van der Waals surface area contributed by atoms with Gasteiger partial charge >= 0.3 is 11.6 Å². The van der Waals surface area contributed by atoms with Gasteiger partial charge < -0.3 is 19.6 Å². The number of methoxy groups -OCH3 is 1. The normalized spacial score (nSPS) is 11.8. The second kappa shape index (κ2) is 10.2. The molecule has 0 aliphatic rings. The molecule has 3 aromatic rings. The summed E-state index contributed by atoms with van der Waals surface area (Å²) < 4.78 is 10.6. The summed E-state index contributed by atoms with van der Waals surface area (Å²) in [5, 5.41) is 12.7.